The molecule has 0 atom stereocenters. The first kappa shape index (κ1) is 24.1. The minimum absolute atomic E-state index is 0.0313. The van der Waals surface area contributed by atoms with Crippen LogP contribution in [0, 0.1) is 0 Å². The molecule has 0 radical (unpaired) electrons. The molecule has 0 aliphatic carbocycles. The second-order valence-corrected chi connectivity index (χ2v) is 9.72. The number of urea groups is 1. The minimum Gasteiger partial charge on any atom is -0.351 e. The van der Waals surface area contributed by atoms with E-state index in [-0.39, 0.29) is 17.8 Å². The number of fused-ring (bicyclic) bond motifs is 1. The van der Waals surface area contributed by atoms with Gasteiger partial charge in [-0.25, -0.2) is 4.79 Å². The smallest absolute Gasteiger partial charge is 0.319 e. The molecule has 2 aromatic rings. The van der Waals surface area contributed by atoms with Crippen LogP contribution in [-0.2, 0) is 0 Å². The van der Waals surface area contributed by atoms with E-state index in [1.807, 2.05) is 29.2 Å². The molecular weight excluding hydrogens is 432 g/mol. The van der Waals surface area contributed by atoms with Gasteiger partial charge in [0.1, 0.15) is 5.69 Å². The summed E-state index contributed by atoms with van der Waals surface area (Å²) in [6, 6.07) is 7.88. The van der Waals surface area contributed by atoms with Gasteiger partial charge in [0.15, 0.2) is 0 Å². The summed E-state index contributed by atoms with van der Waals surface area (Å²) >= 11 is 0. The number of aromatic nitrogens is 1. The van der Waals surface area contributed by atoms with Gasteiger partial charge in [0.25, 0.3) is 11.8 Å². The van der Waals surface area contributed by atoms with Crippen LogP contribution in [0.2, 0.25) is 0 Å². The van der Waals surface area contributed by atoms with E-state index >= 15 is 0 Å². The fourth-order valence-corrected chi connectivity index (χ4v) is 4.77. The molecule has 2 fully saturated rings. The fraction of sp³-hybridized carbons (Fsp3) is 0.560. The van der Waals surface area contributed by atoms with Gasteiger partial charge in [-0.1, -0.05) is 0 Å². The van der Waals surface area contributed by atoms with Crippen molar-refractivity contribution < 1.29 is 14.4 Å². The minimum atomic E-state index is -0.0812. The molecule has 0 unspecified atom stereocenters. The van der Waals surface area contributed by atoms with Crippen LogP contribution in [-0.4, -0.2) is 120 Å². The monoisotopic (exact) mass is 468 g/mol. The van der Waals surface area contributed by atoms with Crippen LogP contribution >= 0.6 is 0 Å². The fourth-order valence-electron chi connectivity index (χ4n) is 4.77. The maximum atomic E-state index is 13.2. The first-order valence-electron chi connectivity index (χ1n) is 12.2. The summed E-state index contributed by atoms with van der Waals surface area (Å²) in [4.78, 5) is 51.0. The zero-order valence-corrected chi connectivity index (χ0v) is 20.7. The second kappa shape index (κ2) is 10.0. The highest BCUT2D eigenvalue weighted by Crippen LogP contribution is 2.21. The first-order chi connectivity index (χ1) is 16.2. The number of benzene rings is 1. The molecule has 0 saturated carbocycles. The van der Waals surface area contributed by atoms with Gasteiger partial charge in [0, 0.05) is 89.0 Å². The summed E-state index contributed by atoms with van der Waals surface area (Å²) in [6.07, 6.45) is 0.975. The third kappa shape index (κ3) is 5.04. The summed E-state index contributed by atoms with van der Waals surface area (Å²) in [5.74, 6) is -0.0365. The molecule has 1 aromatic heterocycles. The van der Waals surface area contributed by atoms with Crippen LogP contribution in [0.15, 0.2) is 24.3 Å². The molecule has 4 rings (SSSR count). The number of hydrogen-bond donors (Lipinski definition) is 1. The SMILES string of the molecule is CC(C)N1CCCN(C(=O)c2ccc3[nH]c(C(=O)N4CCN(C(=O)N(C)C)CC4)cc3c2)CC1. The molecular formula is C25H36N6O3. The molecule has 9 heteroatoms. The van der Waals surface area contributed by atoms with Crippen molar-refractivity contribution in [1.29, 1.82) is 0 Å². The molecule has 34 heavy (non-hydrogen) atoms. The lowest BCUT2D eigenvalue weighted by Gasteiger charge is -2.35. The lowest BCUT2D eigenvalue weighted by molar-refractivity contribution is 0.0645. The maximum Gasteiger partial charge on any atom is 0.319 e. The van der Waals surface area contributed by atoms with Crippen molar-refractivity contribution in [1.82, 2.24) is 29.5 Å². The Morgan fingerprint density at radius 1 is 0.824 bits per heavy atom. The van der Waals surface area contributed by atoms with Gasteiger partial charge in [-0.2, -0.15) is 0 Å². The molecule has 1 aromatic carbocycles. The van der Waals surface area contributed by atoms with E-state index in [9.17, 15) is 14.4 Å². The van der Waals surface area contributed by atoms with Crippen LogP contribution in [0.5, 0.6) is 0 Å². The average molecular weight is 469 g/mol. The maximum absolute atomic E-state index is 13.2. The summed E-state index contributed by atoms with van der Waals surface area (Å²) in [5.41, 5.74) is 2.00. The molecule has 0 bridgehead atoms. The zero-order valence-electron chi connectivity index (χ0n) is 20.7. The van der Waals surface area contributed by atoms with E-state index in [0.717, 1.165) is 43.5 Å². The van der Waals surface area contributed by atoms with E-state index in [0.29, 0.717) is 43.5 Å². The Morgan fingerprint density at radius 3 is 2.15 bits per heavy atom. The van der Waals surface area contributed by atoms with Gasteiger partial charge in [0.05, 0.1) is 0 Å². The van der Waals surface area contributed by atoms with E-state index in [1.165, 1.54) is 0 Å². The summed E-state index contributed by atoms with van der Waals surface area (Å²) < 4.78 is 0. The largest absolute Gasteiger partial charge is 0.351 e. The highest BCUT2D eigenvalue weighted by atomic mass is 16.2. The van der Waals surface area contributed by atoms with Crippen LogP contribution in [0.1, 0.15) is 41.1 Å². The topological polar surface area (TPSA) is 83.2 Å². The molecule has 3 heterocycles. The van der Waals surface area contributed by atoms with Gasteiger partial charge < -0.3 is 24.6 Å². The quantitative estimate of drug-likeness (QED) is 0.748. The van der Waals surface area contributed by atoms with E-state index in [2.05, 4.69) is 23.7 Å². The van der Waals surface area contributed by atoms with Crippen molar-refractivity contribution in [2.75, 3.05) is 66.5 Å². The standard InChI is InChI=1S/C25H36N6O3/c1-18(2)28-8-5-9-29(11-10-28)23(32)19-6-7-21-20(16-19)17-22(26-21)24(33)30-12-14-31(15-13-30)25(34)27(3)4/h6-7,16-18,26H,5,8-15H2,1-4H3. The van der Waals surface area contributed by atoms with Crippen molar-refractivity contribution in [3.05, 3.63) is 35.5 Å². The molecule has 2 aliphatic heterocycles. The number of carbonyl (C=O) groups excluding carboxylic acids is 3. The normalized spacial score (nSPS) is 17.9. The third-order valence-electron chi connectivity index (χ3n) is 6.87. The van der Waals surface area contributed by atoms with Crippen molar-refractivity contribution in [3.8, 4) is 0 Å². The van der Waals surface area contributed by atoms with Gasteiger partial charge in [-0.3, -0.25) is 14.5 Å². The molecule has 1 N–H and O–H groups in total. The lowest BCUT2D eigenvalue weighted by Crippen LogP contribution is -2.52. The molecule has 9 nitrogen and oxygen atoms in total. The predicted octanol–water partition coefficient (Wildman–Crippen LogP) is 2.16. The third-order valence-corrected chi connectivity index (χ3v) is 6.87. The Kier molecular flexibility index (Phi) is 7.11. The van der Waals surface area contributed by atoms with Crippen LogP contribution in [0.4, 0.5) is 4.79 Å². The van der Waals surface area contributed by atoms with Crippen molar-refractivity contribution in [2.45, 2.75) is 26.3 Å². The van der Waals surface area contributed by atoms with Gasteiger partial charge in [0.2, 0.25) is 0 Å². The lowest BCUT2D eigenvalue weighted by atomic mass is 10.1. The predicted molar refractivity (Wildman–Crippen MR) is 132 cm³/mol. The van der Waals surface area contributed by atoms with E-state index < -0.39 is 0 Å². The Labute approximate surface area is 201 Å². The number of amides is 4. The van der Waals surface area contributed by atoms with Gasteiger partial charge in [-0.05, 0) is 44.5 Å². The number of hydrogen-bond acceptors (Lipinski definition) is 4. The van der Waals surface area contributed by atoms with Gasteiger partial charge in [-0.15, -0.1) is 0 Å². The van der Waals surface area contributed by atoms with Crippen LogP contribution in [0.25, 0.3) is 10.9 Å². The Hall–Kier alpha value is -3.07. The van der Waals surface area contributed by atoms with Crippen molar-refractivity contribution in [3.63, 3.8) is 0 Å². The Bertz CT molecular complexity index is 1050. The number of piperazine rings is 1. The Morgan fingerprint density at radius 2 is 1.47 bits per heavy atom. The molecule has 184 valence electrons. The van der Waals surface area contributed by atoms with Crippen molar-refractivity contribution in [2.24, 2.45) is 0 Å². The highest BCUT2D eigenvalue weighted by Gasteiger charge is 2.27. The van der Waals surface area contributed by atoms with E-state index in [4.69, 9.17) is 0 Å². The van der Waals surface area contributed by atoms with Crippen LogP contribution in [0.3, 0.4) is 0 Å². The summed E-state index contributed by atoms with van der Waals surface area (Å²) in [5, 5.41) is 0.856. The summed E-state index contributed by atoms with van der Waals surface area (Å²) in [7, 11) is 3.47. The second-order valence-electron chi connectivity index (χ2n) is 9.72. The number of aromatic amines is 1. The summed E-state index contributed by atoms with van der Waals surface area (Å²) in [6.45, 7) is 9.83. The number of nitrogens with zero attached hydrogens (tertiary/aromatic N) is 5. The number of H-pyrrole nitrogens is 1. The average Bonchev–Trinajstić information content (AvgIpc) is 3.10. The highest BCUT2D eigenvalue weighted by molar-refractivity contribution is 6.01. The molecule has 0 spiro atoms. The van der Waals surface area contributed by atoms with E-state index in [1.54, 1.807) is 28.8 Å². The molecule has 2 aliphatic rings. The van der Waals surface area contributed by atoms with Crippen LogP contribution < -0.4 is 0 Å². The molecule has 2 saturated heterocycles. The van der Waals surface area contributed by atoms with Crippen molar-refractivity contribution >= 4 is 28.7 Å². The van der Waals surface area contributed by atoms with Gasteiger partial charge >= 0.3 is 6.03 Å². The zero-order chi connectivity index (χ0) is 24.4. The number of rotatable bonds is 3. The Balaban J connectivity index is 1.43. The number of nitrogens with one attached hydrogen (secondary N) is 1. The first-order valence-corrected chi connectivity index (χ1v) is 12.2. The number of carbonyl (C=O) groups is 3. The molecule has 4 amide bonds.